The minimum Gasteiger partial charge on any atom is -0.344 e. The molecule has 0 atom stereocenters. The minimum atomic E-state index is 0.492. The zero-order valence-electron chi connectivity index (χ0n) is 17.3. The molecule has 0 N–H and O–H groups in total. The molecular weight excluding hydrogens is 310 g/mol. The lowest BCUT2D eigenvalue weighted by atomic mass is 9.72. The summed E-state index contributed by atoms with van der Waals surface area (Å²) in [6.07, 6.45) is 6.38. The molecule has 0 radical (unpaired) electrons. The van der Waals surface area contributed by atoms with Crippen molar-refractivity contribution in [1.29, 1.82) is 0 Å². The summed E-state index contributed by atoms with van der Waals surface area (Å²) in [6.45, 7) is 19.8. The first-order valence-electron chi connectivity index (χ1n) is 10.5. The van der Waals surface area contributed by atoms with E-state index < -0.39 is 0 Å². The molecule has 1 amide bonds. The molecule has 0 aromatic carbocycles. The van der Waals surface area contributed by atoms with E-state index in [1.807, 2.05) is 4.90 Å². The van der Waals surface area contributed by atoms with Crippen LogP contribution in [0.25, 0.3) is 0 Å². The average molecular weight is 352 g/mol. The van der Waals surface area contributed by atoms with Crippen molar-refractivity contribution in [3.05, 3.63) is 0 Å². The number of amides is 1. The van der Waals surface area contributed by atoms with Gasteiger partial charge in [-0.25, -0.2) is 0 Å². The van der Waals surface area contributed by atoms with E-state index in [1.165, 1.54) is 58.4 Å². The van der Waals surface area contributed by atoms with Crippen molar-refractivity contribution >= 4 is 6.41 Å². The van der Waals surface area contributed by atoms with Gasteiger partial charge in [-0.2, -0.15) is 0 Å². The number of carbonyl (C=O) groups is 1. The molecule has 3 aliphatic rings. The van der Waals surface area contributed by atoms with Gasteiger partial charge in [-0.15, -0.1) is 0 Å². The van der Waals surface area contributed by atoms with Gasteiger partial charge in [-0.1, -0.05) is 20.8 Å². The molecule has 3 aliphatic heterocycles. The molecule has 4 nitrogen and oxygen atoms in total. The van der Waals surface area contributed by atoms with Crippen molar-refractivity contribution < 1.29 is 4.79 Å². The van der Waals surface area contributed by atoms with Crippen molar-refractivity contribution in [1.82, 2.24) is 14.7 Å². The van der Waals surface area contributed by atoms with Crippen molar-refractivity contribution in [2.45, 2.75) is 66.3 Å². The van der Waals surface area contributed by atoms with E-state index in [9.17, 15) is 4.79 Å². The summed E-state index contributed by atoms with van der Waals surface area (Å²) in [5, 5.41) is 0. The molecule has 146 valence electrons. The maximum atomic E-state index is 10.5. The van der Waals surface area contributed by atoms with Gasteiger partial charge in [0.05, 0.1) is 0 Å². The Labute approximate surface area is 155 Å². The highest BCUT2D eigenvalue weighted by atomic mass is 16.1. The Hall–Kier alpha value is -0.610. The van der Waals surface area contributed by atoms with Crippen LogP contribution in [0.2, 0.25) is 0 Å². The fraction of sp³-hybridized carbons (Fsp3) is 0.952. The van der Waals surface area contributed by atoms with E-state index >= 15 is 0 Å². The lowest BCUT2D eigenvalue weighted by molar-refractivity contribution is -0.133. The van der Waals surface area contributed by atoms with Gasteiger partial charge in [0.2, 0.25) is 6.41 Å². The Morgan fingerprint density at radius 2 is 1.56 bits per heavy atom. The van der Waals surface area contributed by atoms with Gasteiger partial charge in [-0.05, 0) is 84.1 Å². The fourth-order valence-electron chi connectivity index (χ4n) is 4.66. The van der Waals surface area contributed by atoms with Crippen LogP contribution in [-0.2, 0) is 4.79 Å². The van der Waals surface area contributed by atoms with Gasteiger partial charge in [0.15, 0.2) is 0 Å². The van der Waals surface area contributed by atoms with Gasteiger partial charge in [0, 0.05) is 24.5 Å². The topological polar surface area (TPSA) is 26.8 Å². The highest BCUT2D eigenvalue weighted by Gasteiger charge is 2.44. The monoisotopic (exact) mass is 351 g/mol. The molecule has 3 fully saturated rings. The number of hydrogen-bond acceptors (Lipinski definition) is 3. The zero-order valence-corrected chi connectivity index (χ0v) is 17.3. The standard InChI is InChI=1S/C11H20N2O.C10H21N/c1-10(2)13-5-3-11(4-6-13)7-12(8-11)9-14;1-4-11-7-5-10(6-8-11)9(2)3/h9-10H,3-8H2,1-2H3;9-10H,4-8H2,1-3H3. The van der Waals surface area contributed by atoms with E-state index in [4.69, 9.17) is 0 Å². The predicted octanol–water partition coefficient (Wildman–Crippen LogP) is 3.32. The third-order valence-electron chi connectivity index (χ3n) is 6.84. The Bertz CT molecular complexity index is 386. The Kier molecular flexibility index (Phi) is 7.75. The van der Waals surface area contributed by atoms with Crippen LogP contribution in [0.5, 0.6) is 0 Å². The number of nitrogens with zero attached hydrogens (tertiary/aromatic N) is 3. The smallest absolute Gasteiger partial charge is 0.209 e. The third-order valence-corrected chi connectivity index (χ3v) is 6.84. The number of hydrogen-bond donors (Lipinski definition) is 0. The van der Waals surface area contributed by atoms with Gasteiger partial charge >= 0.3 is 0 Å². The normalized spacial score (nSPS) is 25.0. The second kappa shape index (κ2) is 9.36. The maximum absolute atomic E-state index is 10.5. The molecule has 0 saturated carbocycles. The van der Waals surface area contributed by atoms with Crippen LogP contribution in [0.1, 0.15) is 60.3 Å². The summed E-state index contributed by atoms with van der Waals surface area (Å²) in [6, 6.07) is 0.676. The van der Waals surface area contributed by atoms with Crippen LogP contribution >= 0.6 is 0 Å². The number of piperidine rings is 2. The summed E-state index contributed by atoms with van der Waals surface area (Å²) in [5.41, 5.74) is 0.492. The molecule has 0 aromatic rings. The molecule has 0 aliphatic carbocycles. The molecular formula is C21H41N3O. The van der Waals surface area contributed by atoms with E-state index in [0.29, 0.717) is 11.5 Å². The van der Waals surface area contributed by atoms with Crippen molar-refractivity contribution in [3.8, 4) is 0 Å². The summed E-state index contributed by atoms with van der Waals surface area (Å²) in [4.78, 5) is 17.5. The van der Waals surface area contributed by atoms with Crippen LogP contribution in [0, 0.1) is 17.3 Å². The highest BCUT2D eigenvalue weighted by molar-refractivity contribution is 5.49. The minimum absolute atomic E-state index is 0.492. The summed E-state index contributed by atoms with van der Waals surface area (Å²) in [7, 11) is 0. The summed E-state index contributed by atoms with van der Waals surface area (Å²) >= 11 is 0. The lowest BCUT2D eigenvalue weighted by Crippen LogP contribution is -2.60. The maximum Gasteiger partial charge on any atom is 0.209 e. The molecule has 3 rings (SSSR count). The second-order valence-corrected chi connectivity index (χ2v) is 9.16. The molecule has 25 heavy (non-hydrogen) atoms. The SMILES string of the molecule is CC(C)N1CCC2(CC1)CN(C=O)C2.CCN1CCC(C(C)C)CC1. The van der Waals surface area contributed by atoms with Gasteiger partial charge in [0.1, 0.15) is 0 Å². The molecule has 4 heteroatoms. The van der Waals surface area contributed by atoms with E-state index in [0.717, 1.165) is 31.3 Å². The van der Waals surface area contributed by atoms with Crippen molar-refractivity contribution in [3.63, 3.8) is 0 Å². The Morgan fingerprint density at radius 3 is 1.96 bits per heavy atom. The predicted molar refractivity (Wildman–Crippen MR) is 106 cm³/mol. The third kappa shape index (κ3) is 5.68. The molecule has 0 unspecified atom stereocenters. The highest BCUT2D eigenvalue weighted by Crippen LogP contribution is 2.39. The van der Waals surface area contributed by atoms with E-state index in [-0.39, 0.29) is 0 Å². The zero-order chi connectivity index (χ0) is 18.4. The lowest BCUT2D eigenvalue weighted by Gasteiger charge is -2.53. The van der Waals surface area contributed by atoms with Crippen molar-refractivity contribution in [2.75, 3.05) is 45.8 Å². The largest absolute Gasteiger partial charge is 0.344 e. The van der Waals surface area contributed by atoms with Crippen LogP contribution in [0.4, 0.5) is 0 Å². The van der Waals surface area contributed by atoms with Gasteiger partial charge in [-0.3, -0.25) is 4.79 Å². The molecule has 0 bridgehead atoms. The average Bonchev–Trinajstić information content (AvgIpc) is 2.60. The van der Waals surface area contributed by atoms with E-state index in [2.05, 4.69) is 44.4 Å². The van der Waals surface area contributed by atoms with Gasteiger partial charge in [0.25, 0.3) is 0 Å². The first-order valence-corrected chi connectivity index (χ1v) is 10.5. The first-order chi connectivity index (χ1) is 11.9. The summed E-state index contributed by atoms with van der Waals surface area (Å²) < 4.78 is 0. The Balaban J connectivity index is 0.000000186. The quantitative estimate of drug-likeness (QED) is 0.727. The van der Waals surface area contributed by atoms with Crippen LogP contribution < -0.4 is 0 Å². The second-order valence-electron chi connectivity index (χ2n) is 9.16. The summed E-state index contributed by atoms with van der Waals surface area (Å²) in [5.74, 6) is 1.90. The number of carbonyl (C=O) groups excluding carboxylic acids is 1. The van der Waals surface area contributed by atoms with E-state index in [1.54, 1.807) is 0 Å². The fourth-order valence-corrected chi connectivity index (χ4v) is 4.66. The molecule has 1 spiro atoms. The van der Waals surface area contributed by atoms with Crippen LogP contribution in [0.3, 0.4) is 0 Å². The first kappa shape index (κ1) is 20.7. The van der Waals surface area contributed by atoms with Crippen LogP contribution in [-0.4, -0.2) is 73.0 Å². The molecule has 3 heterocycles. The Morgan fingerprint density at radius 1 is 1.00 bits per heavy atom. The number of rotatable bonds is 4. The molecule has 3 saturated heterocycles. The van der Waals surface area contributed by atoms with Crippen molar-refractivity contribution in [2.24, 2.45) is 17.3 Å². The van der Waals surface area contributed by atoms with Crippen LogP contribution in [0.15, 0.2) is 0 Å². The van der Waals surface area contributed by atoms with Gasteiger partial charge < -0.3 is 14.7 Å². The number of likely N-dealkylation sites (tertiary alicyclic amines) is 3. The molecule has 0 aromatic heterocycles.